The number of rotatable bonds is 5. The Morgan fingerprint density at radius 3 is 2.43 bits per heavy atom. The second-order valence-electron chi connectivity index (χ2n) is 6.36. The molecule has 0 aliphatic rings. The van der Waals surface area contributed by atoms with E-state index in [-0.39, 0.29) is 18.2 Å². The highest BCUT2D eigenvalue weighted by molar-refractivity contribution is 7.11. The minimum atomic E-state index is -0.470. The molecule has 2 N–H and O–H groups in total. The summed E-state index contributed by atoms with van der Waals surface area (Å²) in [5.41, 5.74) is 0.604. The van der Waals surface area contributed by atoms with Gasteiger partial charge in [-0.1, -0.05) is 0 Å². The Labute approximate surface area is 131 Å². The average Bonchev–Trinajstić information content (AvgIpc) is 2.62. The zero-order chi connectivity index (χ0) is 16.2. The second kappa shape index (κ2) is 7.22. The van der Waals surface area contributed by atoms with Gasteiger partial charge in [0.15, 0.2) is 0 Å². The molecular weight excluding hydrogens is 286 g/mol. The van der Waals surface area contributed by atoms with E-state index in [1.807, 2.05) is 41.5 Å². The molecule has 0 radical (unpaired) electrons. The Balaban J connectivity index is 2.41. The van der Waals surface area contributed by atoms with Crippen molar-refractivity contribution in [1.82, 2.24) is 15.6 Å². The zero-order valence-electron chi connectivity index (χ0n) is 14.0. The molecule has 0 aliphatic heterocycles. The molecule has 0 bridgehead atoms. The van der Waals surface area contributed by atoms with E-state index >= 15 is 0 Å². The minimum Gasteiger partial charge on any atom is -0.444 e. The highest BCUT2D eigenvalue weighted by Crippen LogP contribution is 2.24. The van der Waals surface area contributed by atoms with Gasteiger partial charge < -0.3 is 15.4 Å². The molecule has 0 fully saturated rings. The van der Waals surface area contributed by atoms with Crippen LogP contribution in [0.15, 0.2) is 0 Å². The van der Waals surface area contributed by atoms with Crippen molar-refractivity contribution in [3.05, 3.63) is 15.6 Å². The van der Waals surface area contributed by atoms with E-state index in [4.69, 9.17) is 4.74 Å². The Morgan fingerprint density at radius 2 is 1.95 bits per heavy atom. The van der Waals surface area contributed by atoms with Crippen molar-refractivity contribution >= 4 is 17.4 Å². The van der Waals surface area contributed by atoms with Crippen molar-refractivity contribution < 1.29 is 9.53 Å². The van der Waals surface area contributed by atoms with Crippen LogP contribution in [0.2, 0.25) is 0 Å². The number of aromatic nitrogens is 1. The molecule has 1 aromatic heterocycles. The van der Waals surface area contributed by atoms with Gasteiger partial charge in [-0.2, -0.15) is 0 Å². The van der Waals surface area contributed by atoms with E-state index in [0.717, 1.165) is 10.7 Å². The SMILES string of the molecule is Cc1nc(C)c(C(C)NCC(C)NC(=O)OC(C)(C)C)s1. The fourth-order valence-electron chi connectivity index (χ4n) is 1.95. The van der Waals surface area contributed by atoms with Crippen molar-refractivity contribution in [1.29, 1.82) is 0 Å². The van der Waals surface area contributed by atoms with Gasteiger partial charge in [-0.25, -0.2) is 9.78 Å². The number of aryl methyl sites for hydroxylation is 2. The predicted molar refractivity (Wildman–Crippen MR) is 86.8 cm³/mol. The number of carbonyl (C=O) groups excluding carboxylic acids is 1. The van der Waals surface area contributed by atoms with E-state index < -0.39 is 5.60 Å². The van der Waals surface area contributed by atoms with Crippen molar-refractivity contribution in [3.8, 4) is 0 Å². The first-order valence-electron chi connectivity index (χ1n) is 7.25. The van der Waals surface area contributed by atoms with Crippen LogP contribution in [-0.4, -0.2) is 29.3 Å². The normalized spacial score (nSPS) is 14.6. The highest BCUT2D eigenvalue weighted by atomic mass is 32.1. The smallest absolute Gasteiger partial charge is 0.407 e. The van der Waals surface area contributed by atoms with Gasteiger partial charge in [-0.15, -0.1) is 11.3 Å². The van der Waals surface area contributed by atoms with Crippen LogP contribution in [-0.2, 0) is 4.74 Å². The molecule has 0 saturated carbocycles. The number of ether oxygens (including phenoxy) is 1. The maximum Gasteiger partial charge on any atom is 0.407 e. The summed E-state index contributed by atoms with van der Waals surface area (Å²) in [5.74, 6) is 0. The lowest BCUT2D eigenvalue weighted by atomic mass is 10.2. The van der Waals surface area contributed by atoms with Crippen LogP contribution in [0.3, 0.4) is 0 Å². The summed E-state index contributed by atoms with van der Waals surface area (Å²) in [4.78, 5) is 17.4. The van der Waals surface area contributed by atoms with Crippen molar-refractivity contribution in [2.24, 2.45) is 0 Å². The highest BCUT2D eigenvalue weighted by Gasteiger charge is 2.18. The van der Waals surface area contributed by atoms with E-state index in [1.54, 1.807) is 11.3 Å². The molecule has 2 unspecified atom stereocenters. The van der Waals surface area contributed by atoms with Crippen LogP contribution in [0.1, 0.15) is 56.2 Å². The Kier molecular flexibility index (Phi) is 6.16. The number of amides is 1. The molecule has 1 amide bonds. The van der Waals surface area contributed by atoms with Crippen LogP contribution in [0.5, 0.6) is 0 Å². The first-order valence-corrected chi connectivity index (χ1v) is 8.07. The lowest BCUT2D eigenvalue weighted by molar-refractivity contribution is 0.0507. The largest absolute Gasteiger partial charge is 0.444 e. The van der Waals surface area contributed by atoms with E-state index in [2.05, 4.69) is 22.5 Å². The molecule has 5 nitrogen and oxygen atoms in total. The number of nitrogens with zero attached hydrogens (tertiary/aromatic N) is 1. The van der Waals surface area contributed by atoms with E-state index in [1.165, 1.54) is 4.88 Å². The van der Waals surface area contributed by atoms with Crippen molar-refractivity contribution in [3.63, 3.8) is 0 Å². The molecule has 0 saturated heterocycles. The fourth-order valence-corrected chi connectivity index (χ4v) is 2.91. The molecule has 120 valence electrons. The molecule has 0 spiro atoms. The number of thiazole rings is 1. The second-order valence-corrected chi connectivity index (χ2v) is 7.59. The Bertz CT molecular complexity index is 480. The van der Waals surface area contributed by atoms with Crippen LogP contribution in [0.25, 0.3) is 0 Å². The molecule has 21 heavy (non-hydrogen) atoms. The van der Waals surface area contributed by atoms with Crippen LogP contribution in [0.4, 0.5) is 4.79 Å². The van der Waals surface area contributed by atoms with Gasteiger partial charge in [0.25, 0.3) is 0 Å². The van der Waals surface area contributed by atoms with Gasteiger partial charge in [0.1, 0.15) is 5.60 Å². The average molecular weight is 313 g/mol. The van der Waals surface area contributed by atoms with Crippen molar-refractivity contribution in [2.45, 2.75) is 66.2 Å². The number of nitrogens with one attached hydrogen (secondary N) is 2. The summed E-state index contributed by atoms with van der Waals surface area (Å²) >= 11 is 1.71. The number of alkyl carbamates (subject to hydrolysis) is 1. The maximum absolute atomic E-state index is 11.7. The maximum atomic E-state index is 11.7. The minimum absolute atomic E-state index is 0.00313. The van der Waals surface area contributed by atoms with Gasteiger partial charge in [-0.3, -0.25) is 0 Å². The lowest BCUT2D eigenvalue weighted by Crippen LogP contribution is -2.43. The first kappa shape index (κ1) is 17.9. The van der Waals surface area contributed by atoms with E-state index in [9.17, 15) is 4.79 Å². The van der Waals surface area contributed by atoms with Gasteiger partial charge >= 0.3 is 6.09 Å². The lowest BCUT2D eigenvalue weighted by Gasteiger charge is -2.23. The third-order valence-electron chi connectivity index (χ3n) is 2.83. The summed E-state index contributed by atoms with van der Waals surface area (Å²) in [6.07, 6.45) is -0.380. The first-order chi connectivity index (χ1) is 9.58. The van der Waals surface area contributed by atoms with Gasteiger partial charge in [0, 0.05) is 23.5 Å². The van der Waals surface area contributed by atoms with Crippen LogP contribution >= 0.6 is 11.3 Å². The summed E-state index contributed by atoms with van der Waals surface area (Å²) in [5, 5.41) is 7.33. The van der Waals surface area contributed by atoms with Crippen LogP contribution in [0, 0.1) is 13.8 Å². The molecule has 2 atom stereocenters. The fraction of sp³-hybridized carbons (Fsp3) is 0.733. The Hall–Kier alpha value is -1.14. The third-order valence-corrected chi connectivity index (χ3v) is 4.08. The molecule has 6 heteroatoms. The Morgan fingerprint density at radius 1 is 1.33 bits per heavy atom. The van der Waals surface area contributed by atoms with Crippen LogP contribution < -0.4 is 10.6 Å². The number of hydrogen-bond acceptors (Lipinski definition) is 5. The molecule has 0 aliphatic carbocycles. The number of carbonyl (C=O) groups is 1. The summed E-state index contributed by atoms with van der Waals surface area (Å²) in [6.45, 7) is 14.3. The third kappa shape index (κ3) is 6.44. The molecule has 1 heterocycles. The zero-order valence-corrected chi connectivity index (χ0v) is 14.9. The summed E-state index contributed by atoms with van der Waals surface area (Å²) in [6, 6.07) is 0.218. The van der Waals surface area contributed by atoms with Crippen molar-refractivity contribution in [2.75, 3.05) is 6.54 Å². The molecule has 1 aromatic rings. The van der Waals surface area contributed by atoms with Gasteiger partial charge in [-0.05, 0) is 48.5 Å². The topological polar surface area (TPSA) is 63.2 Å². The molecule has 1 rings (SSSR count). The molecular formula is C15H27N3O2S. The standard InChI is InChI=1S/C15H27N3O2S/c1-9(17-14(19)20-15(5,6)7)8-16-10(2)13-11(3)18-12(4)21-13/h9-10,16H,8H2,1-7H3,(H,17,19). The molecule has 0 aromatic carbocycles. The van der Waals surface area contributed by atoms with Gasteiger partial charge in [0.2, 0.25) is 0 Å². The predicted octanol–water partition coefficient (Wildman–Crippen LogP) is 3.32. The monoisotopic (exact) mass is 313 g/mol. The number of hydrogen-bond donors (Lipinski definition) is 2. The quantitative estimate of drug-likeness (QED) is 0.875. The van der Waals surface area contributed by atoms with E-state index in [0.29, 0.717) is 6.54 Å². The van der Waals surface area contributed by atoms with Gasteiger partial charge in [0.05, 0.1) is 10.7 Å². The summed E-state index contributed by atoms with van der Waals surface area (Å²) in [7, 11) is 0. The summed E-state index contributed by atoms with van der Waals surface area (Å²) < 4.78 is 5.24.